The Morgan fingerprint density at radius 2 is 1.61 bits per heavy atom. The second-order valence-electron chi connectivity index (χ2n) is 7.41. The van der Waals surface area contributed by atoms with E-state index < -0.39 is 10.0 Å². The van der Waals surface area contributed by atoms with E-state index in [2.05, 4.69) is 36.1 Å². The fourth-order valence-electron chi connectivity index (χ4n) is 3.90. The fourth-order valence-corrected chi connectivity index (χ4v) is 5.45. The molecule has 0 aromatic heterocycles. The van der Waals surface area contributed by atoms with Crippen LogP contribution in [0.15, 0.2) is 48.5 Å². The smallest absolute Gasteiger partial charge is 0.254 e. The van der Waals surface area contributed by atoms with E-state index >= 15 is 0 Å². The molecule has 0 spiro atoms. The number of nitrogens with zero attached hydrogens (tertiary/aromatic N) is 3. The molecule has 7 heteroatoms. The topological polar surface area (TPSA) is 60.9 Å². The van der Waals surface area contributed by atoms with Crippen LogP contribution in [0.2, 0.25) is 0 Å². The van der Waals surface area contributed by atoms with Gasteiger partial charge in [-0.2, -0.15) is 0 Å². The number of amides is 1. The number of hydrogen-bond acceptors (Lipinski definition) is 4. The zero-order valence-electron chi connectivity index (χ0n) is 16.0. The van der Waals surface area contributed by atoms with Crippen molar-refractivity contribution in [2.24, 2.45) is 0 Å². The van der Waals surface area contributed by atoms with Crippen LogP contribution in [0.25, 0.3) is 0 Å². The summed E-state index contributed by atoms with van der Waals surface area (Å²) in [5, 5.41) is 0. The molecule has 0 saturated carbocycles. The lowest BCUT2D eigenvalue weighted by molar-refractivity contribution is 0.0747. The molecule has 2 aromatic rings. The van der Waals surface area contributed by atoms with Gasteiger partial charge in [0, 0.05) is 44.0 Å². The van der Waals surface area contributed by atoms with E-state index in [1.807, 2.05) is 4.90 Å². The van der Waals surface area contributed by atoms with Gasteiger partial charge in [-0.25, -0.2) is 8.42 Å². The van der Waals surface area contributed by atoms with E-state index in [1.165, 1.54) is 15.6 Å². The van der Waals surface area contributed by atoms with E-state index in [9.17, 15) is 13.2 Å². The van der Waals surface area contributed by atoms with Gasteiger partial charge in [-0.05, 0) is 49.2 Å². The minimum absolute atomic E-state index is 0.0395. The molecule has 6 nitrogen and oxygen atoms in total. The highest BCUT2D eigenvalue weighted by Gasteiger charge is 2.29. The van der Waals surface area contributed by atoms with Gasteiger partial charge < -0.3 is 9.80 Å². The Bertz CT molecular complexity index is 982. The summed E-state index contributed by atoms with van der Waals surface area (Å²) >= 11 is 0. The van der Waals surface area contributed by atoms with Crippen molar-refractivity contribution in [1.29, 1.82) is 0 Å². The number of rotatable bonds is 3. The summed E-state index contributed by atoms with van der Waals surface area (Å²) < 4.78 is 25.7. The van der Waals surface area contributed by atoms with Crippen LogP contribution >= 0.6 is 0 Å². The summed E-state index contributed by atoms with van der Waals surface area (Å²) in [5.41, 5.74) is 3.54. The lowest BCUT2D eigenvalue weighted by atomic mass is 10.1. The van der Waals surface area contributed by atoms with E-state index in [0.29, 0.717) is 37.3 Å². The van der Waals surface area contributed by atoms with Crippen molar-refractivity contribution < 1.29 is 13.2 Å². The van der Waals surface area contributed by atoms with Crippen molar-refractivity contribution in [3.63, 3.8) is 0 Å². The standard InChI is InChI=1S/C21H25N3O3S/c1-17-5-2-7-19(15-17)22-10-12-23(13-11-22)21(25)18-6-3-8-20(16-18)24-9-4-14-28(24,26)27/h2-3,5-8,15-16H,4,9-14H2,1H3. The van der Waals surface area contributed by atoms with Crippen molar-refractivity contribution in [3.05, 3.63) is 59.7 Å². The van der Waals surface area contributed by atoms with Crippen LogP contribution in [0.4, 0.5) is 11.4 Å². The summed E-state index contributed by atoms with van der Waals surface area (Å²) in [6, 6.07) is 15.4. The Balaban J connectivity index is 1.45. The molecule has 2 fully saturated rings. The molecule has 0 atom stereocenters. The lowest BCUT2D eigenvalue weighted by Crippen LogP contribution is -2.48. The minimum atomic E-state index is -3.25. The first-order valence-electron chi connectivity index (χ1n) is 9.65. The lowest BCUT2D eigenvalue weighted by Gasteiger charge is -2.36. The molecule has 2 aromatic carbocycles. The molecular formula is C21H25N3O3S. The Kier molecular flexibility index (Phi) is 5.02. The van der Waals surface area contributed by atoms with Crippen LogP contribution in [0, 0.1) is 6.92 Å². The summed E-state index contributed by atoms with van der Waals surface area (Å²) in [6.07, 6.45) is 0.626. The highest BCUT2D eigenvalue weighted by molar-refractivity contribution is 7.93. The van der Waals surface area contributed by atoms with Crippen molar-refractivity contribution in [2.75, 3.05) is 47.7 Å². The van der Waals surface area contributed by atoms with E-state index in [4.69, 9.17) is 0 Å². The van der Waals surface area contributed by atoms with Gasteiger partial charge >= 0.3 is 0 Å². The maximum absolute atomic E-state index is 13.0. The third kappa shape index (κ3) is 3.71. The number of piperazine rings is 1. The quantitative estimate of drug-likeness (QED) is 0.796. The second-order valence-corrected chi connectivity index (χ2v) is 9.42. The van der Waals surface area contributed by atoms with Crippen LogP contribution in [0.3, 0.4) is 0 Å². The first-order valence-corrected chi connectivity index (χ1v) is 11.3. The monoisotopic (exact) mass is 399 g/mol. The van der Waals surface area contributed by atoms with Crippen molar-refractivity contribution in [3.8, 4) is 0 Å². The molecule has 4 rings (SSSR count). The molecule has 2 heterocycles. The average molecular weight is 400 g/mol. The van der Waals surface area contributed by atoms with Crippen molar-refractivity contribution >= 4 is 27.3 Å². The summed E-state index contributed by atoms with van der Waals surface area (Å²) in [7, 11) is -3.25. The van der Waals surface area contributed by atoms with E-state index in [0.717, 1.165) is 13.1 Å². The van der Waals surface area contributed by atoms with Gasteiger partial charge in [-0.15, -0.1) is 0 Å². The number of aryl methyl sites for hydroxylation is 1. The van der Waals surface area contributed by atoms with Crippen molar-refractivity contribution in [2.45, 2.75) is 13.3 Å². The highest BCUT2D eigenvalue weighted by atomic mass is 32.2. The van der Waals surface area contributed by atoms with Crippen LogP contribution in [0.1, 0.15) is 22.3 Å². The average Bonchev–Trinajstić information content (AvgIpc) is 3.07. The predicted molar refractivity (Wildman–Crippen MR) is 111 cm³/mol. The Hall–Kier alpha value is -2.54. The molecule has 1 amide bonds. The number of benzene rings is 2. The van der Waals surface area contributed by atoms with Crippen LogP contribution in [-0.2, 0) is 10.0 Å². The molecule has 0 radical (unpaired) electrons. The van der Waals surface area contributed by atoms with Gasteiger partial charge in [-0.1, -0.05) is 18.2 Å². The first-order chi connectivity index (χ1) is 13.4. The van der Waals surface area contributed by atoms with E-state index in [-0.39, 0.29) is 11.7 Å². The molecule has 0 aliphatic carbocycles. The first kappa shape index (κ1) is 18.8. The largest absolute Gasteiger partial charge is 0.368 e. The highest BCUT2D eigenvalue weighted by Crippen LogP contribution is 2.25. The SMILES string of the molecule is Cc1cccc(N2CCN(C(=O)c3cccc(N4CCCS4(=O)=O)c3)CC2)c1. The predicted octanol–water partition coefficient (Wildman–Crippen LogP) is 2.50. The number of carbonyl (C=O) groups excluding carboxylic acids is 1. The molecule has 0 unspecified atom stereocenters. The molecule has 0 N–H and O–H groups in total. The number of anilines is 2. The Morgan fingerprint density at radius 1 is 0.893 bits per heavy atom. The minimum Gasteiger partial charge on any atom is -0.368 e. The third-order valence-electron chi connectivity index (χ3n) is 5.41. The Morgan fingerprint density at radius 3 is 2.29 bits per heavy atom. The zero-order chi connectivity index (χ0) is 19.7. The Labute approximate surface area is 166 Å². The van der Waals surface area contributed by atoms with Crippen LogP contribution in [-0.4, -0.2) is 57.7 Å². The maximum atomic E-state index is 13.0. The normalized spacial score (nSPS) is 19.1. The van der Waals surface area contributed by atoms with Crippen LogP contribution < -0.4 is 9.21 Å². The van der Waals surface area contributed by atoms with Gasteiger partial charge in [0.15, 0.2) is 0 Å². The van der Waals surface area contributed by atoms with Gasteiger partial charge in [-0.3, -0.25) is 9.10 Å². The number of carbonyl (C=O) groups is 1. The molecule has 28 heavy (non-hydrogen) atoms. The molecule has 148 valence electrons. The van der Waals surface area contributed by atoms with Crippen molar-refractivity contribution in [1.82, 2.24) is 4.90 Å². The van der Waals surface area contributed by atoms with Gasteiger partial charge in [0.05, 0.1) is 11.4 Å². The fraction of sp³-hybridized carbons (Fsp3) is 0.381. The zero-order valence-corrected chi connectivity index (χ0v) is 16.9. The van der Waals surface area contributed by atoms with Gasteiger partial charge in [0.25, 0.3) is 5.91 Å². The maximum Gasteiger partial charge on any atom is 0.254 e. The second kappa shape index (κ2) is 7.47. The van der Waals surface area contributed by atoms with Crippen LogP contribution in [0.5, 0.6) is 0 Å². The third-order valence-corrected chi connectivity index (χ3v) is 7.28. The number of sulfonamides is 1. The molecule has 0 bridgehead atoms. The summed E-state index contributed by atoms with van der Waals surface area (Å²) in [4.78, 5) is 17.1. The molecule has 2 aliphatic rings. The summed E-state index contributed by atoms with van der Waals surface area (Å²) in [5.74, 6) is 0.133. The molecule has 2 saturated heterocycles. The molecular weight excluding hydrogens is 374 g/mol. The van der Waals surface area contributed by atoms with Gasteiger partial charge in [0.2, 0.25) is 10.0 Å². The number of hydrogen-bond donors (Lipinski definition) is 0. The van der Waals surface area contributed by atoms with E-state index in [1.54, 1.807) is 24.3 Å². The van der Waals surface area contributed by atoms with Gasteiger partial charge in [0.1, 0.15) is 0 Å². The summed E-state index contributed by atoms with van der Waals surface area (Å²) in [6.45, 7) is 5.44. The molecule has 2 aliphatic heterocycles.